The first-order chi connectivity index (χ1) is 16.6. The quantitative estimate of drug-likeness (QED) is 0.431. The van der Waals surface area contributed by atoms with Crippen LogP contribution in [0.3, 0.4) is 0 Å². The Morgan fingerprint density at radius 2 is 1.88 bits per heavy atom. The number of nitrogens with zero attached hydrogens (tertiary/aromatic N) is 5. The van der Waals surface area contributed by atoms with Crippen molar-refractivity contribution in [2.45, 2.75) is 13.0 Å². The van der Waals surface area contributed by atoms with Crippen LogP contribution >= 0.6 is 0 Å². The number of hydrogen-bond donors (Lipinski definition) is 1. The van der Waals surface area contributed by atoms with Gasteiger partial charge in [0, 0.05) is 46.9 Å². The van der Waals surface area contributed by atoms with E-state index < -0.39 is 0 Å². The Hall–Kier alpha value is -4.46. The predicted molar refractivity (Wildman–Crippen MR) is 131 cm³/mol. The molecule has 0 aliphatic rings. The topological polar surface area (TPSA) is 90.6 Å². The number of nitrogens with one attached hydrogen (secondary N) is 1. The molecule has 4 aromatic heterocycles. The van der Waals surface area contributed by atoms with Crippen molar-refractivity contribution in [1.29, 1.82) is 0 Å². The van der Waals surface area contributed by atoms with Gasteiger partial charge in [0.05, 0.1) is 31.6 Å². The second-order valence-electron chi connectivity index (χ2n) is 8.38. The van der Waals surface area contributed by atoms with Crippen molar-refractivity contribution in [1.82, 2.24) is 29.5 Å². The third kappa shape index (κ3) is 3.23. The largest absolute Gasteiger partial charge is 0.481 e. The minimum Gasteiger partial charge on any atom is -0.481 e. The molecule has 0 aliphatic carbocycles. The second-order valence-corrected chi connectivity index (χ2v) is 8.38. The Bertz CT molecular complexity index is 1740. The van der Waals surface area contributed by atoms with Gasteiger partial charge in [0.15, 0.2) is 0 Å². The lowest BCUT2D eigenvalue weighted by Crippen LogP contribution is -2.24. The smallest absolute Gasteiger partial charge is 0.291 e. The highest BCUT2D eigenvalue weighted by Gasteiger charge is 2.15. The van der Waals surface area contributed by atoms with Gasteiger partial charge in [-0.15, -0.1) is 0 Å². The van der Waals surface area contributed by atoms with Crippen molar-refractivity contribution in [3.05, 3.63) is 94.2 Å². The van der Waals surface area contributed by atoms with E-state index in [0.29, 0.717) is 24.4 Å². The van der Waals surface area contributed by atoms with E-state index in [1.54, 1.807) is 19.5 Å². The van der Waals surface area contributed by atoms with Crippen LogP contribution in [-0.4, -0.2) is 36.6 Å². The van der Waals surface area contributed by atoms with Gasteiger partial charge < -0.3 is 9.30 Å². The van der Waals surface area contributed by atoms with E-state index in [4.69, 9.17) is 4.74 Å². The van der Waals surface area contributed by atoms with Crippen LogP contribution in [0.1, 0.15) is 16.8 Å². The first-order valence-corrected chi connectivity index (χ1v) is 11.0. The Labute approximate surface area is 194 Å². The molecule has 1 N–H and O–H groups in total. The van der Waals surface area contributed by atoms with E-state index in [1.807, 2.05) is 48.0 Å². The second kappa shape index (κ2) is 7.84. The molecule has 0 radical (unpaired) electrons. The van der Waals surface area contributed by atoms with Gasteiger partial charge in [-0.3, -0.25) is 9.89 Å². The van der Waals surface area contributed by atoms with Crippen LogP contribution in [0.5, 0.6) is 5.88 Å². The number of benzene rings is 2. The summed E-state index contributed by atoms with van der Waals surface area (Å²) in [5.41, 5.74) is 5.48. The highest BCUT2D eigenvalue weighted by molar-refractivity contribution is 6.07. The number of hydrogen-bond acceptors (Lipinski definition) is 5. The minimum absolute atomic E-state index is 0.118. The Morgan fingerprint density at radius 3 is 2.76 bits per heavy atom. The Balaban J connectivity index is 1.42. The molecule has 0 amide bonds. The van der Waals surface area contributed by atoms with Crippen molar-refractivity contribution in [3.8, 4) is 5.88 Å². The number of aromatic nitrogens is 6. The fourth-order valence-electron chi connectivity index (χ4n) is 4.63. The number of fused-ring (bicyclic) bond motifs is 4. The summed E-state index contributed by atoms with van der Waals surface area (Å²) < 4.78 is 8.73. The molecule has 0 saturated carbocycles. The molecule has 6 rings (SSSR count). The summed E-state index contributed by atoms with van der Waals surface area (Å²) in [5.74, 6) is 0.598. The van der Waals surface area contributed by atoms with Crippen LogP contribution in [-0.2, 0) is 20.0 Å². The standard InChI is InChI=1S/C26H22N6O2/c1-31-23-12-16(11-18-6-4-8-24(29-18)34-2)9-10-19(23)21-14-28-32(26(33)25(21)31)15-17-5-3-7-22-20(17)13-27-30-22/h3-10,12-14H,11,15H2,1-2H3,(H,27,30). The molecule has 0 saturated heterocycles. The summed E-state index contributed by atoms with van der Waals surface area (Å²) in [6.07, 6.45) is 4.24. The monoisotopic (exact) mass is 450 g/mol. The van der Waals surface area contributed by atoms with Crippen LogP contribution in [0.4, 0.5) is 0 Å². The van der Waals surface area contributed by atoms with Gasteiger partial charge in [0.25, 0.3) is 5.56 Å². The number of aryl methyl sites for hydroxylation is 1. The molecule has 0 spiro atoms. The van der Waals surface area contributed by atoms with Crippen LogP contribution in [0.25, 0.3) is 32.7 Å². The zero-order valence-corrected chi connectivity index (χ0v) is 18.8. The molecule has 6 aromatic rings. The maximum absolute atomic E-state index is 13.5. The number of ether oxygens (including phenoxy) is 1. The lowest BCUT2D eigenvalue weighted by Gasteiger charge is -2.07. The number of H-pyrrole nitrogens is 1. The molecule has 2 aromatic carbocycles. The SMILES string of the molecule is COc1cccc(Cc2ccc3c4cnn(Cc5cccc6[nH]ncc56)c(=O)c4n(C)c3c2)n1. The molecule has 8 nitrogen and oxygen atoms in total. The Morgan fingerprint density at radius 1 is 1.00 bits per heavy atom. The average molecular weight is 451 g/mol. The van der Waals surface area contributed by atoms with Gasteiger partial charge in [0.2, 0.25) is 5.88 Å². The summed E-state index contributed by atoms with van der Waals surface area (Å²) in [4.78, 5) is 18.0. The molecular formula is C26H22N6O2. The summed E-state index contributed by atoms with van der Waals surface area (Å²) >= 11 is 0. The van der Waals surface area contributed by atoms with E-state index in [0.717, 1.165) is 44.0 Å². The van der Waals surface area contributed by atoms with E-state index >= 15 is 0 Å². The van der Waals surface area contributed by atoms with Crippen LogP contribution in [0.15, 0.2) is 71.8 Å². The van der Waals surface area contributed by atoms with Crippen molar-refractivity contribution in [2.75, 3.05) is 7.11 Å². The van der Waals surface area contributed by atoms with Gasteiger partial charge in [-0.2, -0.15) is 10.2 Å². The highest BCUT2D eigenvalue weighted by atomic mass is 16.5. The lowest BCUT2D eigenvalue weighted by molar-refractivity contribution is 0.396. The summed E-state index contributed by atoms with van der Waals surface area (Å²) in [6.45, 7) is 0.375. The molecule has 8 heteroatoms. The molecule has 4 heterocycles. The van der Waals surface area contributed by atoms with E-state index in [2.05, 4.69) is 38.5 Å². The van der Waals surface area contributed by atoms with Gasteiger partial charge in [-0.05, 0) is 29.3 Å². The first kappa shape index (κ1) is 20.2. The Kier molecular flexibility index (Phi) is 4.65. The van der Waals surface area contributed by atoms with Gasteiger partial charge in [0.1, 0.15) is 5.52 Å². The van der Waals surface area contributed by atoms with Crippen molar-refractivity contribution in [2.24, 2.45) is 7.05 Å². The molecule has 34 heavy (non-hydrogen) atoms. The zero-order chi connectivity index (χ0) is 23.2. The maximum Gasteiger partial charge on any atom is 0.291 e. The normalized spacial score (nSPS) is 11.6. The van der Waals surface area contributed by atoms with Crippen molar-refractivity contribution >= 4 is 32.7 Å². The minimum atomic E-state index is -0.118. The average Bonchev–Trinajstić information content (AvgIpc) is 3.45. The molecular weight excluding hydrogens is 428 g/mol. The molecule has 0 bridgehead atoms. The first-order valence-electron chi connectivity index (χ1n) is 11.0. The third-order valence-corrected chi connectivity index (χ3v) is 6.34. The number of aromatic amines is 1. The zero-order valence-electron chi connectivity index (χ0n) is 18.8. The summed E-state index contributed by atoms with van der Waals surface area (Å²) in [5, 5.41) is 14.4. The molecule has 0 unspecified atom stereocenters. The maximum atomic E-state index is 13.5. The fourth-order valence-corrected chi connectivity index (χ4v) is 4.63. The number of pyridine rings is 1. The van der Waals surface area contributed by atoms with Crippen LogP contribution < -0.4 is 10.3 Å². The summed E-state index contributed by atoms with van der Waals surface area (Å²) in [7, 11) is 3.55. The van der Waals surface area contributed by atoms with Crippen molar-refractivity contribution < 1.29 is 4.74 Å². The van der Waals surface area contributed by atoms with Gasteiger partial charge >= 0.3 is 0 Å². The lowest BCUT2D eigenvalue weighted by atomic mass is 10.1. The summed E-state index contributed by atoms with van der Waals surface area (Å²) in [6, 6.07) is 17.9. The van der Waals surface area contributed by atoms with E-state index in [1.165, 1.54) is 4.68 Å². The van der Waals surface area contributed by atoms with E-state index in [-0.39, 0.29) is 5.56 Å². The number of rotatable bonds is 5. The highest BCUT2D eigenvalue weighted by Crippen LogP contribution is 2.27. The fraction of sp³-hybridized carbons (Fsp3) is 0.154. The molecule has 0 aliphatic heterocycles. The predicted octanol–water partition coefficient (Wildman–Crippen LogP) is 3.81. The number of methoxy groups -OCH3 is 1. The molecule has 0 atom stereocenters. The van der Waals surface area contributed by atoms with Gasteiger partial charge in [-0.1, -0.05) is 30.3 Å². The molecule has 168 valence electrons. The van der Waals surface area contributed by atoms with Gasteiger partial charge in [-0.25, -0.2) is 9.67 Å². The third-order valence-electron chi connectivity index (χ3n) is 6.34. The van der Waals surface area contributed by atoms with Crippen LogP contribution in [0.2, 0.25) is 0 Å². The van der Waals surface area contributed by atoms with Crippen molar-refractivity contribution in [3.63, 3.8) is 0 Å². The van der Waals surface area contributed by atoms with Crippen LogP contribution in [0, 0.1) is 0 Å². The van der Waals surface area contributed by atoms with E-state index in [9.17, 15) is 4.79 Å². The molecule has 0 fully saturated rings.